The highest BCUT2D eigenvalue weighted by Crippen LogP contribution is 2.44. The van der Waals surface area contributed by atoms with Crippen LogP contribution in [0.25, 0.3) is 0 Å². The number of nitrogens with zero attached hydrogens (tertiary/aromatic N) is 1. The molecule has 4 unspecified atom stereocenters. The summed E-state index contributed by atoms with van der Waals surface area (Å²) in [7, 11) is 0. The Morgan fingerprint density at radius 2 is 1.81 bits per heavy atom. The van der Waals surface area contributed by atoms with Crippen LogP contribution in [0.5, 0.6) is 0 Å². The molecule has 4 aliphatic rings. The molecule has 0 aromatic rings. The zero-order valence-corrected chi connectivity index (χ0v) is 25.2. The van der Waals surface area contributed by atoms with Crippen LogP contribution >= 0.6 is 11.8 Å². The van der Waals surface area contributed by atoms with Gasteiger partial charge in [0.2, 0.25) is 0 Å². The Kier molecular flexibility index (Phi) is 10.8. The molecule has 1 saturated carbocycles. The molecule has 36 heavy (non-hydrogen) atoms. The first-order valence-electron chi connectivity index (χ1n) is 15.7. The van der Waals surface area contributed by atoms with Crippen LogP contribution in [0.15, 0.2) is 45.0 Å². The quantitative estimate of drug-likeness (QED) is 0.257. The number of rotatable bonds is 12. The van der Waals surface area contributed by atoms with Gasteiger partial charge in [0.15, 0.2) is 0 Å². The van der Waals surface area contributed by atoms with Crippen LogP contribution < -0.4 is 0 Å². The maximum absolute atomic E-state index is 2.93. The van der Waals surface area contributed by atoms with E-state index in [0.717, 1.165) is 23.7 Å². The first-order valence-corrected chi connectivity index (χ1v) is 16.7. The Morgan fingerprint density at radius 1 is 0.972 bits per heavy atom. The summed E-state index contributed by atoms with van der Waals surface area (Å²) < 4.78 is 0. The summed E-state index contributed by atoms with van der Waals surface area (Å²) in [5, 5.41) is 0. The molecule has 0 saturated heterocycles. The van der Waals surface area contributed by atoms with Gasteiger partial charge in [0.25, 0.3) is 0 Å². The van der Waals surface area contributed by atoms with Crippen LogP contribution in [0.2, 0.25) is 0 Å². The van der Waals surface area contributed by atoms with E-state index in [1.807, 2.05) is 5.57 Å². The van der Waals surface area contributed by atoms with Gasteiger partial charge in [-0.05, 0) is 116 Å². The van der Waals surface area contributed by atoms with Crippen LogP contribution in [0.4, 0.5) is 0 Å². The minimum absolute atomic E-state index is 0.751. The van der Waals surface area contributed by atoms with Crippen LogP contribution in [0, 0.1) is 23.7 Å². The molecule has 1 aliphatic heterocycles. The molecule has 0 spiro atoms. The average molecular weight is 510 g/mol. The molecule has 2 heteroatoms. The molecule has 1 nitrogen and oxygen atoms in total. The lowest BCUT2D eigenvalue weighted by Gasteiger charge is -2.43. The van der Waals surface area contributed by atoms with E-state index in [0.29, 0.717) is 0 Å². The summed E-state index contributed by atoms with van der Waals surface area (Å²) >= 11 is 2.09. The molecule has 0 aromatic carbocycles. The Balaban J connectivity index is 1.53. The Labute approximate surface area is 228 Å². The monoisotopic (exact) mass is 509 g/mol. The fourth-order valence-corrected chi connectivity index (χ4v) is 8.07. The summed E-state index contributed by atoms with van der Waals surface area (Å²) in [5.74, 6) is 4.76. The summed E-state index contributed by atoms with van der Waals surface area (Å²) in [4.78, 5) is 4.57. The lowest BCUT2D eigenvalue weighted by atomic mass is 9.70. The van der Waals surface area contributed by atoms with Crippen molar-refractivity contribution in [1.29, 1.82) is 0 Å². The van der Waals surface area contributed by atoms with E-state index in [2.05, 4.69) is 63.4 Å². The van der Waals surface area contributed by atoms with Gasteiger partial charge in [-0.25, -0.2) is 0 Å². The molecule has 0 amide bonds. The molecule has 1 heterocycles. The summed E-state index contributed by atoms with van der Waals surface area (Å²) in [6.45, 7) is 14.4. The number of hydrogen-bond donors (Lipinski definition) is 0. The van der Waals surface area contributed by atoms with Crippen molar-refractivity contribution in [3.8, 4) is 0 Å². The van der Waals surface area contributed by atoms with Gasteiger partial charge in [-0.15, -0.1) is 11.8 Å². The molecule has 0 bridgehead atoms. The number of hydrogen-bond acceptors (Lipinski definition) is 2. The molecular formula is C34H55NS. The molecule has 3 aliphatic carbocycles. The fraction of sp³-hybridized carbons (Fsp3) is 0.765. The van der Waals surface area contributed by atoms with Gasteiger partial charge in [-0.2, -0.15) is 0 Å². The van der Waals surface area contributed by atoms with Crippen molar-refractivity contribution in [2.45, 2.75) is 125 Å². The highest BCUT2D eigenvalue weighted by molar-refractivity contribution is 8.03. The van der Waals surface area contributed by atoms with Crippen LogP contribution in [0.3, 0.4) is 0 Å². The molecule has 4 rings (SSSR count). The zero-order chi connectivity index (χ0) is 25.5. The van der Waals surface area contributed by atoms with Crippen molar-refractivity contribution >= 4 is 11.8 Å². The lowest BCUT2D eigenvalue weighted by Crippen LogP contribution is -2.40. The third kappa shape index (κ3) is 7.15. The van der Waals surface area contributed by atoms with Crippen molar-refractivity contribution < 1.29 is 0 Å². The second kappa shape index (κ2) is 13.8. The molecule has 1 fully saturated rings. The summed E-state index contributed by atoms with van der Waals surface area (Å²) in [6.07, 6.45) is 24.3. The zero-order valence-electron chi connectivity index (χ0n) is 24.3. The topological polar surface area (TPSA) is 3.24 Å². The maximum Gasteiger partial charge on any atom is 0.0366 e. The normalized spacial score (nSPS) is 27.8. The van der Waals surface area contributed by atoms with Gasteiger partial charge >= 0.3 is 0 Å². The van der Waals surface area contributed by atoms with E-state index < -0.39 is 0 Å². The lowest BCUT2D eigenvalue weighted by molar-refractivity contribution is 0.111. The van der Waals surface area contributed by atoms with E-state index >= 15 is 0 Å². The van der Waals surface area contributed by atoms with Gasteiger partial charge in [0.1, 0.15) is 0 Å². The van der Waals surface area contributed by atoms with Gasteiger partial charge in [0.05, 0.1) is 0 Å². The highest BCUT2D eigenvalue weighted by atomic mass is 32.2. The highest BCUT2D eigenvalue weighted by Gasteiger charge is 2.35. The van der Waals surface area contributed by atoms with E-state index in [4.69, 9.17) is 0 Å². The van der Waals surface area contributed by atoms with E-state index in [1.165, 1.54) is 109 Å². The second-order valence-electron chi connectivity index (χ2n) is 12.5. The molecular weight excluding hydrogens is 454 g/mol. The maximum atomic E-state index is 2.93. The predicted molar refractivity (Wildman–Crippen MR) is 161 cm³/mol. The number of allylic oxidation sites excluding steroid dienone is 6. The smallest absolute Gasteiger partial charge is 0.0366 e. The van der Waals surface area contributed by atoms with Crippen molar-refractivity contribution in [3.05, 3.63) is 45.0 Å². The Hall–Kier alpha value is -0.890. The first kappa shape index (κ1) is 28.1. The van der Waals surface area contributed by atoms with E-state index in [9.17, 15) is 0 Å². The molecule has 0 aromatic heterocycles. The largest absolute Gasteiger partial charge is 0.371 e. The van der Waals surface area contributed by atoms with Crippen molar-refractivity contribution in [2.24, 2.45) is 23.7 Å². The van der Waals surface area contributed by atoms with E-state index in [1.54, 1.807) is 27.3 Å². The predicted octanol–water partition coefficient (Wildman–Crippen LogP) is 10.5. The molecule has 0 N–H and O–H groups in total. The van der Waals surface area contributed by atoms with Gasteiger partial charge in [-0.3, -0.25) is 0 Å². The molecule has 4 atom stereocenters. The molecule has 202 valence electrons. The average Bonchev–Trinajstić information content (AvgIpc) is 3.04. The standard InChI is InChI=1S/C34H55NS/c1-6-10-29-21-26(5)13-20-33(29)31-17-15-28-18-19-32(36-8-3)22-34(28)35(24-31)23-30-16-14-27(30)12-9-11-25(4)7-2/h21-22,25,27,30-31H,6-20,23-24H2,1-5H3. The van der Waals surface area contributed by atoms with Gasteiger partial charge < -0.3 is 4.90 Å². The number of thioether (sulfide) groups is 1. The van der Waals surface area contributed by atoms with Gasteiger partial charge in [0, 0.05) is 18.8 Å². The third-order valence-electron chi connectivity index (χ3n) is 9.87. The Bertz CT molecular complexity index is 858. The Morgan fingerprint density at radius 3 is 2.53 bits per heavy atom. The summed E-state index contributed by atoms with van der Waals surface area (Å²) in [6, 6.07) is 0. The minimum Gasteiger partial charge on any atom is -0.371 e. The second-order valence-corrected chi connectivity index (χ2v) is 13.9. The van der Waals surface area contributed by atoms with Gasteiger partial charge in [-0.1, -0.05) is 77.0 Å². The first-order chi connectivity index (χ1) is 17.5. The third-order valence-corrected chi connectivity index (χ3v) is 10.9. The van der Waals surface area contributed by atoms with Crippen LogP contribution in [-0.4, -0.2) is 23.7 Å². The van der Waals surface area contributed by atoms with Crippen LogP contribution in [-0.2, 0) is 0 Å². The van der Waals surface area contributed by atoms with E-state index in [-0.39, 0.29) is 0 Å². The van der Waals surface area contributed by atoms with Crippen molar-refractivity contribution in [3.63, 3.8) is 0 Å². The van der Waals surface area contributed by atoms with Crippen molar-refractivity contribution in [2.75, 3.05) is 18.8 Å². The van der Waals surface area contributed by atoms with Crippen molar-refractivity contribution in [1.82, 2.24) is 4.90 Å². The van der Waals surface area contributed by atoms with Crippen LogP contribution in [0.1, 0.15) is 125 Å². The minimum atomic E-state index is 0.751. The molecule has 0 radical (unpaired) electrons. The SMILES string of the molecule is CCCC1=C(C2CCC3=C(C=C(SCC)CC3)N(CC3CCC3CCCC(C)CC)C2)CCC(C)=C1. The summed E-state index contributed by atoms with van der Waals surface area (Å²) in [5.41, 5.74) is 8.58. The fourth-order valence-electron chi connectivity index (χ4n) is 7.25.